The van der Waals surface area contributed by atoms with Crippen molar-refractivity contribution in [3.63, 3.8) is 0 Å². The Hall–Kier alpha value is -1.27. The van der Waals surface area contributed by atoms with Gasteiger partial charge in [0.1, 0.15) is 11.5 Å². The molecule has 2 heterocycles. The molecule has 19 heavy (non-hydrogen) atoms. The van der Waals surface area contributed by atoms with E-state index in [0.29, 0.717) is 11.6 Å². The van der Waals surface area contributed by atoms with E-state index in [2.05, 4.69) is 4.98 Å². The van der Waals surface area contributed by atoms with Crippen molar-refractivity contribution < 1.29 is 14.3 Å². The maximum Gasteiger partial charge on any atom is 0.316 e. The van der Waals surface area contributed by atoms with E-state index in [1.54, 1.807) is 17.6 Å². The average Bonchev–Trinajstić information content (AvgIpc) is 2.98. The van der Waals surface area contributed by atoms with Gasteiger partial charge in [-0.25, -0.2) is 4.98 Å². The van der Waals surface area contributed by atoms with Crippen LogP contribution in [0.3, 0.4) is 0 Å². The van der Waals surface area contributed by atoms with Crippen molar-refractivity contribution in [1.82, 2.24) is 4.98 Å². The smallest absolute Gasteiger partial charge is 0.316 e. The molecular formula is C13H15NO3S2. The van der Waals surface area contributed by atoms with E-state index in [-0.39, 0.29) is 5.92 Å². The third kappa shape index (κ3) is 3.61. The number of carboxylic acid groups (broad SMARTS) is 1. The number of carbonyl (C=O) groups is 1. The van der Waals surface area contributed by atoms with Gasteiger partial charge in [-0.1, -0.05) is 19.9 Å². The van der Waals surface area contributed by atoms with Crippen LogP contribution in [0.2, 0.25) is 0 Å². The summed E-state index contributed by atoms with van der Waals surface area (Å²) in [6.45, 7) is 3.82. The van der Waals surface area contributed by atoms with Crippen LogP contribution in [0.1, 0.15) is 19.5 Å². The molecule has 1 unspecified atom stereocenters. The lowest BCUT2D eigenvalue weighted by molar-refractivity contribution is -0.137. The standard InChI is InChI=1S/C13H15NO3S2/c1-8(2)11(13(15)16)19-7-9-6-17-12(14-9)10-4-3-5-18-10/h3-6,8,11H,7H2,1-2H3,(H,15,16). The minimum Gasteiger partial charge on any atom is -0.480 e. The fourth-order valence-electron chi connectivity index (χ4n) is 1.61. The summed E-state index contributed by atoms with van der Waals surface area (Å²) >= 11 is 2.95. The van der Waals surface area contributed by atoms with Gasteiger partial charge in [0.25, 0.3) is 0 Å². The van der Waals surface area contributed by atoms with Crippen LogP contribution in [0, 0.1) is 5.92 Å². The quantitative estimate of drug-likeness (QED) is 0.880. The molecule has 102 valence electrons. The largest absolute Gasteiger partial charge is 0.480 e. The molecule has 4 nitrogen and oxygen atoms in total. The fourth-order valence-corrected chi connectivity index (χ4v) is 3.28. The lowest BCUT2D eigenvalue weighted by Gasteiger charge is -2.14. The second-order valence-electron chi connectivity index (χ2n) is 4.44. The van der Waals surface area contributed by atoms with Gasteiger partial charge in [0.15, 0.2) is 0 Å². The molecule has 2 aromatic heterocycles. The van der Waals surface area contributed by atoms with E-state index in [1.165, 1.54) is 11.8 Å². The maximum absolute atomic E-state index is 11.1. The highest BCUT2D eigenvalue weighted by atomic mass is 32.2. The molecule has 2 rings (SSSR count). The Labute approximate surface area is 119 Å². The molecule has 0 bridgehead atoms. The summed E-state index contributed by atoms with van der Waals surface area (Å²) in [6.07, 6.45) is 1.60. The number of thiophene rings is 1. The van der Waals surface area contributed by atoms with Crippen molar-refractivity contribution in [2.24, 2.45) is 5.92 Å². The second-order valence-corrected chi connectivity index (χ2v) is 6.51. The van der Waals surface area contributed by atoms with Gasteiger partial charge in [-0.2, -0.15) is 0 Å². The van der Waals surface area contributed by atoms with E-state index < -0.39 is 11.2 Å². The van der Waals surface area contributed by atoms with Gasteiger partial charge in [-0.3, -0.25) is 4.79 Å². The topological polar surface area (TPSA) is 63.3 Å². The van der Waals surface area contributed by atoms with Gasteiger partial charge in [0, 0.05) is 5.75 Å². The van der Waals surface area contributed by atoms with Crippen molar-refractivity contribution in [2.75, 3.05) is 0 Å². The van der Waals surface area contributed by atoms with Crippen LogP contribution in [0.25, 0.3) is 10.8 Å². The molecule has 1 atom stereocenters. The zero-order valence-electron chi connectivity index (χ0n) is 10.7. The van der Waals surface area contributed by atoms with Gasteiger partial charge in [0.2, 0.25) is 5.89 Å². The highest BCUT2D eigenvalue weighted by Gasteiger charge is 2.22. The van der Waals surface area contributed by atoms with Gasteiger partial charge >= 0.3 is 5.97 Å². The van der Waals surface area contributed by atoms with Crippen LogP contribution in [-0.2, 0) is 10.5 Å². The lowest BCUT2D eigenvalue weighted by Crippen LogP contribution is -2.22. The second kappa shape index (κ2) is 6.25. The van der Waals surface area contributed by atoms with E-state index in [4.69, 9.17) is 9.52 Å². The molecule has 0 amide bonds. The number of thioether (sulfide) groups is 1. The number of aromatic nitrogens is 1. The molecule has 0 saturated carbocycles. The van der Waals surface area contributed by atoms with Crippen LogP contribution in [-0.4, -0.2) is 21.3 Å². The number of oxazole rings is 1. The molecule has 6 heteroatoms. The predicted octanol–water partition coefficient (Wildman–Crippen LogP) is 3.75. The predicted molar refractivity (Wildman–Crippen MR) is 77.4 cm³/mol. The first kappa shape index (κ1) is 14.1. The molecule has 0 radical (unpaired) electrons. The van der Waals surface area contributed by atoms with E-state index >= 15 is 0 Å². The van der Waals surface area contributed by atoms with Crippen LogP contribution < -0.4 is 0 Å². The molecule has 0 saturated heterocycles. The number of aliphatic carboxylic acids is 1. The van der Waals surface area contributed by atoms with Crippen molar-refractivity contribution in [3.8, 4) is 10.8 Å². The summed E-state index contributed by atoms with van der Waals surface area (Å²) in [5.41, 5.74) is 0.778. The number of hydrogen-bond acceptors (Lipinski definition) is 5. The normalized spacial score (nSPS) is 12.8. The zero-order chi connectivity index (χ0) is 13.8. The zero-order valence-corrected chi connectivity index (χ0v) is 12.3. The molecule has 0 aliphatic rings. The van der Waals surface area contributed by atoms with Crippen molar-refractivity contribution in [2.45, 2.75) is 24.9 Å². The number of hydrogen-bond donors (Lipinski definition) is 1. The SMILES string of the molecule is CC(C)C(SCc1coc(-c2cccs2)n1)C(=O)O. The number of nitrogens with zero attached hydrogens (tertiary/aromatic N) is 1. The fraction of sp³-hybridized carbons (Fsp3) is 0.385. The van der Waals surface area contributed by atoms with Crippen LogP contribution in [0.4, 0.5) is 0 Å². The van der Waals surface area contributed by atoms with Crippen molar-refractivity contribution in [3.05, 3.63) is 29.5 Å². The summed E-state index contributed by atoms with van der Waals surface area (Å²) in [7, 11) is 0. The third-order valence-corrected chi connectivity index (χ3v) is 4.97. The lowest BCUT2D eigenvalue weighted by atomic mass is 10.1. The summed E-state index contributed by atoms with van der Waals surface area (Å²) in [4.78, 5) is 16.4. The maximum atomic E-state index is 11.1. The Kier molecular flexibility index (Phi) is 4.66. The Morgan fingerprint density at radius 2 is 2.37 bits per heavy atom. The first-order valence-electron chi connectivity index (χ1n) is 5.90. The minimum absolute atomic E-state index is 0.0890. The van der Waals surface area contributed by atoms with Crippen LogP contribution in [0.5, 0.6) is 0 Å². The van der Waals surface area contributed by atoms with Gasteiger partial charge < -0.3 is 9.52 Å². The summed E-state index contributed by atoms with van der Waals surface area (Å²) in [5, 5.41) is 10.7. The molecule has 0 spiro atoms. The van der Waals surface area contributed by atoms with E-state index in [9.17, 15) is 4.79 Å². The minimum atomic E-state index is -0.776. The Bertz CT molecular complexity index is 534. The highest BCUT2D eigenvalue weighted by molar-refractivity contribution is 7.99. The third-order valence-electron chi connectivity index (χ3n) is 2.54. The molecule has 2 aromatic rings. The summed E-state index contributed by atoms with van der Waals surface area (Å²) < 4.78 is 5.40. The van der Waals surface area contributed by atoms with Crippen molar-refractivity contribution in [1.29, 1.82) is 0 Å². The molecular weight excluding hydrogens is 282 g/mol. The molecule has 0 aliphatic heterocycles. The highest BCUT2D eigenvalue weighted by Crippen LogP contribution is 2.27. The average molecular weight is 297 g/mol. The van der Waals surface area contributed by atoms with Crippen LogP contribution >= 0.6 is 23.1 Å². The Morgan fingerprint density at radius 3 is 2.95 bits per heavy atom. The molecule has 0 aliphatic carbocycles. The van der Waals surface area contributed by atoms with E-state index in [0.717, 1.165) is 10.6 Å². The van der Waals surface area contributed by atoms with Gasteiger partial charge in [0.05, 0.1) is 10.6 Å². The number of carboxylic acids is 1. The number of rotatable bonds is 6. The van der Waals surface area contributed by atoms with E-state index in [1.807, 2.05) is 31.4 Å². The van der Waals surface area contributed by atoms with Gasteiger partial charge in [-0.15, -0.1) is 23.1 Å². The van der Waals surface area contributed by atoms with Crippen molar-refractivity contribution >= 4 is 29.1 Å². The molecule has 0 aromatic carbocycles. The summed E-state index contributed by atoms with van der Waals surface area (Å²) in [6, 6.07) is 3.89. The first-order chi connectivity index (χ1) is 9.08. The molecule has 0 fully saturated rings. The first-order valence-corrected chi connectivity index (χ1v) is 7.83. The summed E-state index contributed by atoms with van der Waals surface area (Å²) in [5.74, 6) is 0.458. The monoisotopic (exact) mass is 297 g/mol. The van der Waals surface area contributed by atoms with Gasteiger partial charge in [-0.05, 0) is 17.4 Å². The Morgan fingerprint density at radius 1 is 1.58 bits per heavy atom. The Balaban J connectivity index is 1.99. The van der Waals surface area contributed by atoms with Crippen LogP contribution in [0.15, 0.2) is 28.2 Å². The molecule has 1 N–H and O–H groups in total.